The van der Waals surface area contributed by atoms with Crippen LogP contribution in [0.1, 0.15) is 33.6 Å². The van der Waals surface area contributed by atoms with E-state index < -0.39 is 12.4 Å². The molecule has 3 nitrogen and oxygen atoms in total. The first-order valence-corrected chi connectivity index (χ1v) is 4.63. The van der Waals surface area contributed by atoms with Gasteiger partial charge in [0.05, 0.1) is 11.7 Å². The van der Waals surface area contributed by atoms with Crippen LogP contribution in [-0.2, 0) is 4.74 Å². The SMILES string of the molecule is CC(C)(C)OC(O)C1=CC(O)CC1. The van der Waals surface area contributed by atoms with Gasteiger partial charge in [0.1, 0.15) is 0 Å². The zero-order valence-electron chi connectivity index (χ0n) is 8.45. The van der Waals surface area contributed by atoms with E-state index in [1.54, 1.807) is 6.08 Å². The van der Waals surface area contributed by atoms with Crippen LogP contribution in [0.25, 0.3) is 0 Å². The van der Waals surface area contributed by atoms with Crippen LogP contribution in [-0.4, -0.2) is 28.2 Å². The van der Waals surface area contributed by atoms with Gasteiger partial charge < -0.3 is 14.9 Å². The smallest absolute Gasteiger partial charge is 0.177 e. The van der Waals surface area contributed by atoms with Crippen LogP contribution in [0.5, 0.6) is 0 Å². The van der Waals surface area contributed by atoms with Crippen LogP contribution >= 0.6 is 0 Å². The summed E-state index contributed by atoms with van der Waals surface area (Å²) in [6.07, 6.45) is 1.82. The molecule has 0 aromatic carbocycles. The van der Waals surface area contributed by atoms with E-state index in [4.69, 9.17) is 4.74 Å². The van der Waals surface area contributed by atoms with Crippen molar-refractivity contribution < 1.29 is 14.9 Å². The van der Waals surface area contributed by atoms with Gasteiger partial charge in [0, 0.05) is 0 Å². The highest BCUT2D eigenvalue weighted by molar-refractivity contribution is 5.14. The third-order valence-corrected chi connectivity index (χ3v) is 1.92. The summed E-state index contributed by atoms with van der Waals surface area (Å²) >= 11 is 0. The van der Waals surface area contributed by atoms with Gasteiger partial charge in [0.15, 0.2) is 6.29 Å². The second-order valence-electron chi connectivity index (χ2n) is 4.43. The molecular weight excluding hydrogens is 168 g/mol. The van der Waals surface area contributed by atoms with Gasteiger partial charge in [0.2, 0.25) is 0 Å². The molecule has 0 amide bonds. The number of rotatable bonds is 2. The molecule has 2 unspecified atom stereocenters. The van der Waals surface area contributed by atoms with Crippen molar-refractivity contribution in [3.05, 3.63) is 11.6 Å². The van der Waals surface area contributed by atoms with E-state index in [1.165, 1.54) is 0 Å². The Morgan fingerprint density at radius 1 is 1.54 bits per heavy atom. The maximum Gasteiger partial charge on any atom is 0.177 e. The zero-order chi connectivity index (χ0) is 10.1. The predicted molar refractivity (Wildman–Crippen MR) is 50.2 cm³/mol. The Morgan fingerprint density at radius 3 is 2.54 bits per heavy atom. The number of aliphatic hydroxyl groups is 2. The monoisotopic (exact) mass is 186 g/mol. The summed E-state index contributed by atoms with van der Waals surface area (Å²) in [6, 6.07) is 0. The lowest BCUT2D eigenvalue weighted by Crippen LogP contribution is -2.28. The first kappa shape index (κ1) is 10.7. The van der Waals surface area contributed by atoms with Gasteiger partial charge in [-0.3, -0.25) is 0 Å². The molecule has 0 aliphatic heterocycles. The quantitative estimate of drug-likeness (QED) is 0.503. The Bertz CT molecular complexity index is 203. The molecule has 0 saturated heterocycles. The van der Waals surface area contributed by atoms with E-state index in [0.29, 0.717) is 6.42 Å². The Balaban J connectivity index is 2.49. The van der Waals surface area contributed by atoms with Crippen molar-refractivity contribution >= 4 is 0 Å². The summed E-state index contributed by atoms with van der Waals surface area (Å²) in [5.41, 5.74) is 0.441. The fraction of sp³-hybridized carbons (Fsp3) is 0.800. The van der Waals surface area contributed by atoms with E-state index in [0.717, 1.165) is 12.0 Å². The largest absolute Gasteiger partial charge is 0.389 e. The lowest BCUT2D eigenvalue weighted by Gasteiger charge is -2.24. The minimum Gasteiger partial charge on any atom is -0.389 e. The van der Waals surface area contributed by atoms with E-state index in [2.05, 4.69) is 0 Å². The molecule has 0 bridgehead atoms. The maximum absolute atomic E-state index is 9.60. The van der Waals surface area contributed by atoms with Crippen molar-refractivity contribution in [1.82, 2.24) is 0 Å². The molecule has 76 valence electrons. The fourth-order valence-electron chi connectivity index (χ4n) is 1.34. The van der Waals surface area contributed by atoms with Gasteiger partial charge >= 0.3 is 0 Å². The van der Waals surface area contributed by atoms with E-state index in [-0.39, 0.29) is 5.60 Å². The molecule has 0 aromatic heterocycles. The summed E-state index contributed by atoms with van der Waals surface area (Å²) in [4.78, 5) is 0. The first-order chi connectivity index (χ1) is 5.88. The molecule has 0 spiro atoms. The summed E-state index contributed by atoms with van der Waals surface area (Å²) in [5, 5.41) is 18.8. The third kappa shape index (κ3) is 3.46. The van der Waals surface area contributed by atoms with Crippen molar-refractivity contribution in [3.63, 3.8) is 0 Å². The maximum atomic E-state index is 9.60. The molecule has 1 aliphatic carbocycles. The molecule has 0 heterocycles. The molecular formula is C10H18O3. The minimum atomic E-state index is -0.864. The molecule has 2 atom stereocenters. The number of hydrogen-bond donors (Lipinski definition) is 2. The zero-order valence-corrected chi connectivity index (χ0v) is 8.45. The van der Waals surface area contributed by atoms with E-state index >= 15 is 0 Å². The van der Waals surface area contributed by atoms with Crippen LogP contribution in [0, 0.1) is 0 Å². The van der Waals surface area contributed by atoms with Gasteiger partial charge in [-0.1, -0.05) is 6.08 Å². The highest BCUT2D eigenvalue weighted by Crippen LogP contribution is 2.24. The van der Waals surface area contributed by atoms with Gasteiger partial charge in [-0.15, -0.1) is 0 Å². The van der Waals surface area contributed by atoms with Gasteiger partial charge in [-0.2, -0.15) is 0 Å². The fourth-order valence-corrected chi connectivity index (χ4v) is 1.34. The lowest BCUT2D eigenvalue weighted by molar-refractivity contribution is -0.144. The topological polar surface area (TPSA) is 49.7 Å². The van der Waals surface area contributed by atoms with Crippen molar-refractivity contribution in [2.75, 3.05) is 0 Å². The normalized spacial score (nSPS) is 25.9. The van der Waals surface area contributed by atoms with Crippen LogP contribution in [0.4, 0.5) is 0 Å². The average Bonchev–Trinajstić information content (AvgIpc) is 2.31. The van der Waals surface area contributed by atoms with Crippen molar-refractivity contribution in [3.8, 4) is 0 Å². The summed E-state index contributed by atoms with van der Waals surface area (Å²) in [6.45, 7) is 5.67. The molecule has 2 N–H and O–H groups in total. The Hall–Kier alpha value is -0.380. The molecule has 13 heavy (non-hydrogen) atoms. The lowest BCUT2D eigenvalue weighted by atomic mass is 10.1. The van der Waals surface area contributed by atoms with Gasteiger partial charge in [0.25, 0.3) is 0 Å². The molecule has 0 radical (unpaired) electrons. The second-order valence-corrected chi connectivity index (χ2v) is 4.43. The number of hydrogen-bond acceptors (Lipinski definition) is 3. The average molecular weight is 186 g/mol. The Labute approximate surface area is 79.0 Å². The van der Waals surface area contributed by atoms with Crippen LogP contribution in [0.2, 0.25) is 0 Å². The summed E-state index contributed by atoms with van der Waals surface area (Å²) in [7, 11) is 0. The van der Waals surface area contributed by atoms with Gasteiger partial charge in [-0.25, -0.2) is 0 Å². The highest BCUT2D eigenvalue weighted by atomic mass is 16.6. The minimum absolute atomic E-state index is 0.353. The number of aliphatic hydroxyl groups excluding tert-OH is 2. The summed E-state index contributed by atoms with van der Waals surface area (Å²) in [5.74, 6) is 0. The predicted octanol–water partition coefficient (Wildman–Crippen LogP) is 1.20. The van der Waals surface area contributed by atoms with Crippen LogP contribution in [0.15, 0.2) is 11.6 Å². The Morgan fingerprint density at radius 2 is 2.15 bits per heavy atom. The molecule has 0 aromatic rings. The van der Waals surface area contributed by atoms with Crippen molar-refractivity contribution in [2.45, 2.75) is 51.6 Å². The van der Waals surface area contributed by atoms with E-state index in [9.17, 15) is 10.2 Å². The second kappa shape index (κ2) is 3.78. The van der Waals surface area contributed by atoms with Gasteiger partial charge in [-0.05, 0) is 39.2 Å². The molecule has 0 saturated carbocycles. The number of ether oxygens (including phenoxy) is 1. The molecule has 1 aliphatic rings. The van der Waals surface area contributed by atoms with Crippen LogP contribution in [0.3, 0.4) is 0 Å². The highest BCUT2D eigenvalue weighted by Gasteiger charge is 2.23. The molecule has 0 fully saturated rings. The molecule has 1 rings (SSSR count). The van der Waals surface area contributed by atoms with E-state index in [1.807, 2.05) is 20.8 Å². The summed E-state index contributed by atoms with van der Waals surface area (Å²) < 4.78 is 5.35. The van der Waals surface area contributed by atoms with Crippen LogP contribution < -0.4 is 0 Å². The third-order valence-electron chi connectivity index (χ3n) is 1.92. The standard InChI is InChI=1S/C10H18O3/c1-10(2,3)13-9(12)7-4-5-8(11)6-7/h6,8-9,11-12H,4-5H2,1-3H3. The van der Waals surface area contributed by atoms with Crippen molar-refractivity contribution in [1.29, 1.82) is 0 Å². The first-order valence-electron chi connectivity index (χ1n) is 4.63. The molecule has 3 heteroatoms. The Kier molecular flexibility index (Phi) is 3.11. The van der Waals surface area contributed by atoms with Crippen molar-refractivity contribution in [2.24, 2.45) is 0 Å².